The lowest BCUT2D eigenvalue weighted by molar-refractivity contribution is 0.0976. The number of amides is 1. The van der Waals surface area contributed by atoms with Gasteiger partial charge in [-0.05, 0) is 75.1 Å². The molecule has 1 aliphatic heterocycles. The van der Waals surface area contributed by atoms with Gasteiger partial charge in [0.15, 0.2) is 0 Å². The van der Waals surface area contributed by atoms with Gasteiger partial charge in [-0.15, -0.1) is 0 Å². The Morgan fingerprint density at radius 3 is 2.66 bits per heavy atom. The van der Waals surface area contributed by atoms with Gasteiger partial charge < -0.3 is 4.90 Å². The van der Waals surface area contributed by atoms with Crippen molar-refractivity contribution in [3.63, 3.8) is 0 Å². The zero-order chi connectivity index (χ0) is 22.4. The number of hydrogen-bond donors (Lipinski definition) is 0. The summed E-state index contributed by atoms with van der Waals surface area (Å²) in [6.07, 6.45) is 1.57. The zero-order valence-electron chi connectivity index (χ0n) is 18.5. The minimum absolute atomic E-state index is 0.0250. The molecule has 4 heteroatoms. The smallest absolute Gasteiger partial charge is 0.259 e. The van der Waals surface area contributed by atoms with Gasteiger partial charge in [0, 0.05) is 22.7 Å². The molecule has 1 aliphatic rings. The molecule has 4 aromatic rings. The van der Waals surface area contributed by atoms with Crippen LogP contribution in [-0.2, 0) is 6.42 Å². The number of para-hydroxylation sites is 1. The van der Waals surface area contributed by atoms with E-state index >= 15 is 0 Å². The van der Waals surface area contributed by atoms with Crippen LogP contribution in [0.3, 0.4) is 0 Å². The van der Waals surface area contributed by atoms with E-state index in [4.69, 9.17) is 4.98 Å². The third-order valence-corrected chi connectivity index (χ3v) is 6.40. The Labute approximate surface area is 187 Å². The summed E-state index contributed by atoms with van der Waals surface area (Å²) in [5.41, 5.74) is 7.20. The molecule has 0 bridgehead atoms. The average molecular weight is 425 g/mol. The van der Waals surface area contributed by atoms with E-state index in [1.807, 2.05) is 35.2 Å². The van der Waals surface area contributed by atoms with Crippen molar-refractivity contribution in [1.82, 2.24) is 4.98 Å². The Balaban J connectivity index is 1.69. The quantitative estimate of drug-likeness (QED) is 0.361. The maximum Gasteiger partial charge on any atom is 0.259 e. The number of fused-ring (bicyclic) bond motifs is 2. The summed E-state index contributed by atoms with van der Waals surface area (Å²) in [6, 6.07) is 20.7. The molecule has 0 radical (unpaired) electrons. The molecule has 2 heterocycles. The molecule has 0 saturated heterocycles. The number of rotatable bonds is 2. The molecule has 0 aliphatic carbocycles. The van der Waals surface area contributed by atoms with Gasteiger partial charge in [0.05, 0.1) is 16.8 Å². The topological polar surface area (TPSA) is 33.2 Å². The summed E-state index contributed by atoms with van der Waals surface area (Å²) in [5.74, 6) is -0.341. The van der Waals surface area contributed by atoms with Gasteiger partial charge in [-0.2, -0.15) is 0 Å². The van der Waals surface area contributed by atoms with E-state index < -0.39 is 0 Å². The van der Waals surface area contributed by atoms with Gasteiger partial charge in [-0.1, -0.05) is 42.0 Å². The average Bonchev–Trinajstić information content (AvgIpc) is 2.78. The van der Waals surface area contributed by atoms with Gasteiger partial charge in [-0.25, -0.2) is 9.37 Å². The molecule has 0 spiro atoms. The fourth-order valence-corrected chi connectivity index (χ4v) is 4.75. The van der Waals surface area contributed by atoms with E-state index in [0.29, 0.717) is 5.56 Å². The Kier molecular flexibility index (Phi) is 5.01. The van der Waals surface area contributed by atoms with Crippen molar-refractivity contribution < 1.29 is 9.18 Å². The summed E-state index contributed by atoms with van der Waals surface area (Å²) in [6.45, 7) is 6.19. The summed E-state index contributed by atoms with van der Waals surface area (Å²) < 4.78 is 13.8. The summed E-state index contributed by atoms with van der Waals surface area (Å²) >= 11 is 0. The molecule has 1 amide bonds. The SMILES string of the molecule is Cc1ccc(-c2cc(C(=O)N3c4ccc(F)cc4CCC3C)c3ccccc3n2)c(C)c1. The molecule has 1 atom stereocenters. The third kappa shape index (κ3) is 3.46. The summed E-state index contributed by atoms with van der Waals surface area (Å²) in [4.78, 5) is 20.7. The highest BCUT2D eigenvalue weighted by atomic mass is 19.1. The van der Waals surface area contributed by atoms with Crippen LogP contribution in [0.5, 0.6) is 0 Å². The van der Waals surface area contributed by atoms with Crippen LogP contribution in [0.2, 0.25) is 0 Å². The fraction of sp³-hybridized carbons (Fsp3) is 0.214. The Hall–Kier alpha value is -3.53. The third-order valence-electron chi connectivity index (χ3n) is 6.40. The number of benzene rings is 3. The second kappa shape index (κ2) is 7.86. The van der Waals surface area contributed by atoms with E-state index in [1.54, 1.807) is 12.1 Å². The van der Waals surface area contributed by atoms with Crippen LogP contribution in [0.25, 0.3) is 22.2 Å². The molecule has 0 saturated carbocycles. The number of anilines is 1. The number of carbonyl (C=O) groups is 1. The van der Waals surface area contributed by atoms with Crippen molar-refractivity contribution >= 4 is 22.5 Å². The van der Waals surface area contributed by atoms with Crippen LogP contribution in [0.4, 0.5) is 10.1 Å². The summed E-state index contributed by atoms with van der Waals surface area (Å²) in [7, 11) is 0. The number of aromatic nitrogens is 1. The highest BCUT2D eigenvalue weighted by molar-refractivity contribution is 6.15. The Morgan fingerprint density at radius 1 is 1.03 bits per heavy atom. The van der Waals surface area contributed by atoms with Crippen molar-refractivity contribution in [3.05, 3.63) is 94.8 Å². The van der Waals surface area contributed by atoms with Crippen molar-refractivity contribution in [2.24, 2.45) is 0 Å². The minimum atomic E-state index is -0.266. The predicted octanol–water partition coefficient (Wildman–Crippen LogP) is 6.64. The molecule has 1 aromatic heterocycles. The largest absolute Gasteiger partial charge is 0.305 e. The van der Waals surface area contributed by atoms with Crippen LogP contribution < -0.4 is 4.90 Å². The lowest BCUT2D eigenvalue weighted by Gasteiger charge is -2.35. The number of pyridine rings is 1. The van der Waals surface area contributed by atoms with Crippen LogP contribution in [-0.4, -0.2) is 16.9 Å². The number of aryl methyl sites for hydroxylation is 3. The van der Waals surface area contributed by atoms with Gasteiger partial charge in [0.25, 0.3) is 5.91 Å². The van der Waals surface area contributed by atoms with Crippen molar-refractivity contribution in [1.29, 1.82) is 0 Å². The molecule has 160 valence electrons. The lowest BCUT2D eigenvalue weighted by atomic mass is 9.94. The normalized spacial score (nSPS) is 15.6. The molecular formula is C28H25FN2O. The van der Waals surface area contributed by atoms with Crippen LogP contribution in [0.1, 0.15) is 40.4 Å². The van der Waals surface area contributed by atoms with Crippen LogP contribution in [0, 0.1) is 19.7 Å². The van der Waals surface area contributed by atoms with Gasteiger partial charge >= 0.3 is 0 Å². The number of halogens is 1. The first kappa shape index (κ1) is 20.4. The maximum atomic E-state index is 14.0. The van der Waals surface area contributed by atoms with Crippen molar-refractivity contribution in [3.8, 4) is 11.3 Å². The van der Waals surface area contributed by atoms with Gasteiger partial charge in [0.1, 0.15) is 5.82 Å². The number of hydrogen-bond acceptors (Lipinski definition) is 2. The maximum absolute atomic E-state index is 14.0. The molecule has 3 nitrogen and oxygen atoms in total. The highest BCUT2D eigenvalue weighted by Gasteiger charge is 2.30. The molecular weight excluding hydrogens is 399 g/mol. The number of carbonyl (C=O) groups excluding carboxylic acids is 1. The standard InChI is InChI=1S/C28H25FN2O/c1-17-8-12-22(18(2)14-17)26-16-24(23-6-4-5-7-25(23)30-26)28(32)31-19(3)9-10-20-15-21(29)11-13-27(20)31/h4-8,11-16,19H,9-10H2,1-3H3. The highest BCUT2D eigenvalue weighted by Crippen LogP contribution is 2.35. The lowest BCUT2D eigenvalue weighted by Crippen LogP contribution is -2.42. The first-order valence-electron chi connectivity index (χ1n) is 11.0. The monoisotopic (exact) mass is 424 g/mol. The van der Waals surface area contributed by atoms with E-state index in [1.165, 1.54) is 11.6 Å². The van der Waals surface area contributed by atoms with Gasteiger partial charge in [-0.3, -0.25) is 4.79 Å². The van der Waals surface area contributed by atoms with Crippen LogP contribution in [0.15, 0.2) is 66.7 Å². The van der Waals surface area contributed by atoms with Gasteiger partial charge in [0.2, 0.25) is 0 Å². The van der Waals surface area contributed by atoms with Crippen molar-refractivity contribution in [2.75, 3.05) is 4.90 Å². The Morgan fingerprint density at radius 2 is 1.84 bits per heavy atom. The molecule has 3 aromatic carbocycles. The number of nitrogens with zero attached hydrogens (tertiary/aromatic N) is 2. The fourth-order valence-electron chi connectivity index (χ4n) is 4.75. The summed E-state index contributed by atoms with van der Waals surface area (Å²) in [5, 5.41) is 0.826. The predicted molar refractivity (Wildman–Crippen MR) is 128 cm³/mol. The second-order valence-corrected chi connectivity index (χ2v) is 8.73. The molecule has 32 heavy (non-hydrogen) atoms. The van der Waals surface area contributed by atoms with E-state index in [9.17, 15) is 9.18 Å². The minimum Gasteiger partial charge on any atom is -0.305 e. The molecule has 1 unspecified atom stereocenters. The molecule has 0 N–H and O–H groups in total. The van der Waals surface area contributed by atoms with Crippen LogP contribution >= 0.6 is 0 Å². The zero-order valence-corrected chi connectivity index (χ0v) is 18.5. The second-order valence-electron chi connectivity index (χ2n) is 8.73. The van der Waals surface area contributed by atoms with E-state index in [0.717, 1.165) is 51.8 Å². The van der Waals surface area contributed by atoms with E-state index in [-0.39, 0.29) is 17.8 Å². The molecule has 5 rings (SSSR count). The first-order valence-corrected chi connectivity index (χ1v) is 11.0. The molecule has 0 fully saturated rings. The van der Waals surface area contributed by atoms with E-state index in [2.05, 4.69) is 39.0 Å². The van der Waals surface area contributed by atoms with Crippen molar-refractivity contribution in [2.45, 2.75) is 39.7 Å². The Bertz CT molecular complexity index is 1360. The first-order chi connectivity index (χ1) is 15.4.